The molecule has 0 saturated heterocycles. The summed E-state index contributed by atoms with van der Waals surface area (Å²) >= 11 is 0. The van der Waals surface area contributed by atoms with E-state index in [1.165, 1.54) is 5.56 Å². The van der Waals surface area contributed by atoms with Crippen LogP contribution in [0, 0.1) is 11.7 Å². The third kappa shape index (κ3) is 3.50. The minimum Gasteiger partial charge on any atom is -0.385 e. The minimum atomic E-state index is -3.62. The maximum atomic E-state index is 11.4. The predicted octanol–water partition coefficient (Wildman–Crippen LogP) is 2.62. The van der Waals surface area contributed by atoms with Gasteiger partial charge in [0.25, 0.3) is 0 Å². The van der Waals surface area contributed by atoms with Gasteiger partial charge in [-0.05, 0) is 43.4 Å². The normalized spacial score (nSPS) is 18.0. The van der Waals surface area contributed by atoms with Gasteiger partial charge in [0, 0.05) is 44.9 Å². The molecule has 1 heterocycles. The number of fused-ring (bicyclic) bond motifs is 1. The monoisotopic (exact) mass is 329 g/mol. The van der Waals surface area contributed by atoms with E-state index in [4.69, 9.17) is 4.78 Å². The van der Waals surface area contributed by atoms with Crippen molar-refractivity contribution in [3.8, 4) is 0 Å². The summed E-state index contributed by atoms with van der Waals surface area (Å²) in [5.74, 6) is 0. The van der Waals surface area contributed by atoms with Crippen molar-refractivity contribution in [3.05, 3.63) is 23.3 Å². The summed E-state index contributed by atoms with van der Waals surface area (Å²) in [5.41, 5.74) is 2.82. The van der Waals surface area contributed by atoms with Crippen molar-refractivity contribution in [2.24, 2.45) is 0 Å². The molecule has 0 aromatic heterocycles. The van der Waals surface area contributed by atoms with E-state index in [1.807, 2.05) is 6.07 Å². The summed E-state index contributed by atoms with van der Waals surface area (Å²) in [7, 11) is -3.62. The van der Waals surface area contributed by atoms with Crippen molar-refractivity contribution >= 4 is 15.7 Å². The van der Waals surface area contributed by atoms with Crippen LogP contribution in [0.15, 0.2) is 17.0 Å². The topological polar surface area (TPSA) is 73.2 Å². The van der Waals surface area contributed by atoms with E-state index in [1.54, 1.807) is 13.0 Å². The molecule has 0 bridgehead atoms. The number of rotatable bonds is 1. The average molecular weight is 329 g/mol. The number of benzene rings is 1. The second kappa shape index (κ2) is 5.78. The van der Waals surface area contributed by atoms with Crippen LogP contribution >= 0.6 is 0 Å². The zero-order chi connectivity index (χ0) is 11.8. The Bertz CT molecular complexity index is 514. The molecule has 1 unspecified atom stereocenters. The van der Waals surface area contributed by atoms with E-state index < -0.39 is 10.0 Å². The van der Waals surface area contributed by atoms with E-state index in [9.17, 15) is 8.76 Å². The first kappa shape index (κ1) is 15.1. The summed E-state index contributed by atoms with van der Waals surface area (Å²) in [4.78, 5) is 0.223. The van der Waals surface area contributed by atoms with Crippen LogP contribution in [0.3, 0.4) is 0 Å². The van der Waals surface area contributed by atoms with Crippen molar-refractivity contribution in [2.75, 3.05) is 11.9 Å². The predicted molar refractivity (Wildman–Crippen MR) is 64.4 cm³/mol. The van der Waals surface area contributed by atoms with Gasteiger partial charge in [0.15, 0.2) is 10.0 Å². The van der Waals surface area contributed by atoms with Crippen LogP contribution in [0.1, 0.15) is 24.0 Å². The molecule has 1 aromatic rings. The number of aryl methyl sites for hydroxylation is 2. The molecule has 0 amide bonds. The Kier molecular flexibility index (Phi) is 5.13. The SMILES string of the molecule is Cc1cc2c(cc1S(=N)(=O)O)NCCCC2.[Y]. The molecule has 0 fully saturated rings. The fourth-order valence-electron chi connectivity index (χ4n) is 2.08. The first-order chi connectivity index (χ1) is 7.48. The third-order valence-electron chi connectivity index (χ3n) is 2.89. The van der Waals surface area contributed by atoms with Gasteiger partial charge in [-0.15, -0.1) is 0 Å². The molecule has 6 heteroatoms. The van der Waals surface area contributed by atoms with Crippen molar-refractivity contribution in [3.63, 3.8) is 0 Å². The number of hydrogen-bond acceptors (Lipinski definition) is 3. The molecule has 1 atom stereocenters. The van der Waals surface area contributed by atoms with Gasteiger partial charge in [-0.2, -0.15) is 0 Å². The molecule has 1 aromatic carbocycles. The van der Waals surface area contributed by atoms with E-state index in [0.29, 0.717) is 0 Å². The summed E-state index contributed by atoms with van der Waals surface area (Å²) in [6, 6.07) is 3.58. The Morgan fingerprint density at radius 1 is 1.41 bits per heavy atom. The maximum Gasteiger partial charge on any atom is 0.188 e. The Balaban J connectivity index is 0.00000144. The number of hydrogen-bond donors (Lipinski definition) is 3. The third-order valence-corrected chi connectivity index (χ3v) is 3.92. The zero-order valence-electron chi connectivity index (χ0n) is 9.82. The van der Waals surface area contributed by atoms with Gasteiger partial charge in [-0.25, -0.2) is 8.99 Å². The van der Waals surface area contributed by atoms with Gasteiger partial charge >= 0.3 is 0 Å². The van der Waals surface area contributed by atoms with Gasteiger partial charge < -0.3 is 5.32 Å². The van der Waals surface area contributed by atoms with Gasteiger partial charge in [0.1, 0.15) is 0 Å². The fourth-order valence-corrected chi connectivity index (χ4v) is 2.85. The van der Waals surface area contributed by atoms with Crippen molar-refractivity contribution in [1.82, 2.24) is 0 Å². The van der Waals surface area contributed by atoms with Gasteiger partial charge in [0.05, 0.1) is 4.90 Å². The summed E-state index contributed by atoms with van der Waals surface area (Å²) < 4.78 is 27.9. The molecule has 1 aliphatic heterocycles. The summed E-state index contributed by atoms with van der Waals surface area (Å²) in [6.45, 7) is 2.67. The smallest absolute Gasteiger partial charge is 0.188 e. The Hall–Kier alpha value is 0.0339. The molecule has 2 rings (SSSR count). The fraction of sp³-hybridized carbons (Fsp3) is 0.455. The van der Waals surface area contributed by atoms with Crippen LogP contribution < -0.4 is 5.32 Å². The molecule has 1 radical (unpaired) electrons. The van der Waals surface area contributed by atoms with E-state index in [-0.39, 0.29) is 37.6 Å². The Morgan fingerprint density at radius 2 is 2.12 bits per heavy atom. The molecule has 0 saturated carbocycles. The van der Waals surface area contributed by atoms with E-state index in [2.05, 4.69) is 5.32 Å². The zero-order valence-corrected chi connectivity index (χ0v) is 13.5. The minimum absolute atomic E-state index is 0. The summed E-state index contributed by atoms with van der Waals surface area (Å²) in [5, 5.41) is 3.24. The molecule has 3 N–H and O–H groups in total. The molecular formula is C11H16N2O2SY. The Morgan fingerprint density at radius 3 is 2.76 bits per heavy atom. The Labute approximate surface area is 127 Å². The van der Waals surface area contributed by atoms with Crippen molar-refractivity contribution in [2.45, 2.75) is 31.1 Å². The van der Waals surface area contributed by atoms with Crippen LogP contribution in [0.2, 0.25) is 0 Å². The second-order valence-electron chi connectivity index (χ2n) is 4.18. The average Bonchev–Trinajstić information content (AvgIpc) is 2.39. The first-order valence-corrected chi connectivity index (χ1v) is 6.88. The standard InChI is InChI=1S/C11H16N2O2S.Y/c1-8-6-9-4-2-3-5-13-10(9)7-11(8)16(12,14)15;/h6-7,13H,2-5H2,1H3,(H2,12,14,15);. The number of nitrogens with one attached hydrogen (secondary N) is 2. The van der Waals surface area contributed by atoms with Gasteiger partial charge in [0.2, 0.25) is 0 Å². The molecule has 91 valence electrons. The van der Waals surface area contributed by atoms with Crippen LogP contribution in [0.4, 0.5) is 5.69 Å². The molecule has 17 heavy (non-hydrogen) atoms. The molecule has 0 spiro atoms. The quantitative estimate of drug-likeness (QED) is 0.741. The van der Waals surface area contributed by atoms with Crippen LogP contribution in [0.5, 0.6) is 0 Å². The van der Waals surface area contributed by atoms with Crippen molar-refractivity contribution < 1.29 is 41.5 Å². The van der Waals surface area contributed by atoms with E-state index >= 15 is 0 Å². The van der Waals surface area contributed by atoms with Crippen LogP contribution in [-0.4, -0.2) is 15.3 Å². The van der Waals surface area contributed by atoms with Crippen LogP contribution in [-0.2, 0) is 49.1 Å². The van der Waals surface area contributed by atoms with Gasteiger partial charge in [-0.1, -0.05) is 6.07 Å². The number of anilines is 1. The largest absolute Gasteiger partial charge is 0.385 e. The van der Waals surface area contributed by atoms with E-state index in [0.717, 1.165) is 37.1 Å². The van der Waals surface area contributed by atoms with Crippen molar-refractivity contribution in [1.29, 1.82) is 4.78 Å². The first-order valence-electron chi connectivity index (χ1n) is 5.37. The summed E-state index contributed by atoms with van der Waals surface area (Å²) in [6.07, 6.45) is 3.24. The van der Waals surface area contributed by atoms with Crippen LogP contribution in [0.25, 0.3) is 0 Å². The molecule has 4 nitrogen and oxygen atoms in total. The maximum absolute atomic E-state index is 11.4. The van der Waals surface area contributed by atoms with Gasteiger partial charge in [-0.3, -0.25) is 4.55 Å². The molecular weight excluding hydrogens is 313 g/mol. The molecule has 1 aliphatic rings. The second-order valence-corrected chi connectivity index (χ2v) is 5.68. The molecule has 0 aliphatic carbocycles.